The Kier molecular flexibility index (Phi) is 5.08. The van der Waals surface area contributed by atoms with E-state index in [1.54, 1.807) is 25.4 Å². The van der Waals surface area contributed by atoms with Crippen LogP contribution in [0.5, 0.6) is 5.88 Å². The summed E-state index contributed by atoms with van der Waals surface area (Å²) in [6.45, 7) is 5.61. The quantitative estimate of drug-likeness (QED) is 0.881. The average molecular weight is 304 g/mol. The molecule has 2 rings (SSSR count). The first kappa shape index (κ1) is 15.9. The van der Waals surface area contributed by atoms with Gasteiger partial charge in [0, 0.05) is 24.8 Å². The van der Waals surface area contributed by atoms with E-state index in [-0.39, 0.29) is 11.9 Å². The minimum atomic E-state index is -0.287. The zero-order chi connectivity index (χ0) is 16.1. The first-order chi connectivity index (χ1) is 10.5. The zero-order valence-corrected chi connectivity index (χ0v) is 13.2. The van der Waals surface area contributed by atoms with Gasteiger partial charge in [0.25, 0.3) is 0 Å². The van der Waals surface area contributed by atoms with Crippen LogP contribution in [-0.4, -0.2) is 28.1 Å². The third kappa shape index (κ3) is 4.03. The highest BCUT2D eigenvalue weighted by atomic mass is 16.5. The van der Waals surface area contributed by atoms with E-state index in [2.05, 4.69) is 34.3 Å². The highest BCUT2D eigenvalue weighted by Gasteiger charge is 2.21. The molecule has 2 aromatic heterocycles. The summed E-state index contributed by atoms with van der Waals surface area (Å²) in [5.74, 6) is 1.61. The Morgan fingerprint density at radius 2 is 2.18 bits per heavy atom. The molecule has 0 bridgehead atoms. The molecule has 0 aromatic carbocycles. The summed E-state index contributed by atoms with van der Waals surface area (Å²) < 4.78 is 10.3. The second kappa shape index (κ2) is 7.02. The van der Waals surface area contributed by atoms with Crippen LogP contribution >= 0.6 is 0 Å². The fraction of sp³-hybridized carbons (Fsp3) is 0.467. The molecule has 0 saturated carbocycles. The van der Waals surface area contributed by atoms with Crippen molar-refractivity contribution in [1.82, 2.24) is 20.4 Å². The van der Waals surface area contributed by atoms with Crippen LogP contribution in [0.2, 0.25) is 0 Å². The van der Waals surface area contributed by atoms with Crippen molar-refractivity contribution in [3.05, 3.63) is 24.2 Å². The van der Waals surface area contributed by atoms with E-state index in [0.717, 1.165) is 12.0 Å². The van der Waals surface area contributed by atoms with Crippen LogP contribution in [0.25, 0.3) is 11.4 Å². The van der Waals surface area contributed by atoms with Gasteiger partial charge in [0.1, 0.15) is 6.04 Å². The van der Waals surface area contributed by atoms with Crippen LogP contribution in [0.3, 0.4) is 0 Å². The number of ether oxygens (including phenoxy) is 1. The van der Waals surface area contributed by atoms with Crippen molar-refractivity contribution in [2.45, 2.75) is 33.2 Å². The molecule has 7 heteroatoms. The van der Waals surface area contributed by atoms with Gasteiger partial charge in [-0.15, -0.1) is 0 Å². The zero-order valence-electron chi connectivity index (χ0n) is 13.2. The molecular formula is C15H20N4O3. The largest absolute Gasteiger partial charge is 0.481 e. The van der Waals surface area contributed by atoms with Gasteiger partial charge < -0.3 is 14.6 Å². The molecule has 2 aromatic rings. The first-order valence-corrected chi connectivity index (χ1v) is 7.10. The Labute approximate surface area is 129 Å². The number of pyridine rings is 1. The van der Waals surface area contributed by atoms with E-state index in [1.807, 2.05) is 0 Å². The lowest BCUT2D eigenvalue weighted by Gasteiger charge is -2.15. The van der Waals surface area contributed by atoms with E-state index in [4.69, 9.17) is 9.26 Å². The summed E-state index contributed by atoms with van der Waals surface area (Å²) in [6.07, 6.45) is 2.34. The molecule has 0 aliphatic rings. The number of aromatic nitrogens is 3. The Bertz CT molecular complexity index is 622. The average Bonchev–Trinajstić information content (AvgIpc) is 2.95. The summed E-state index contributed by atoms with van der Waals surface area (Å²) in [4.78, 5) is 19.8. The summed E-state index contributed by atoms with van der Waals surface area (Å²) >= 11 is 0. The first-order valence-electron chi connectivity index (χ1n) is 7.10. The monoisotopic (exact) mass is 304 g/mol. The van der Waals surface area contributed by atoms with Crippen molar-refractivity contribution >= 4 is 5.91 Å². The molecule has 22 heavy (non-hydrogen) atoms. The van der Waals surface area contributed by atoms with Crippen LogP contribution in [0, 0.1) is 5.92 Å². The number of amides is 1. The van der Waals surface area contributed by atoms with Gasteiger partial charge in [-0.05, 0) is 18.4 Å². The summed E-state index contributed by atoms with van der Waals surface area (Å²) in [5, 5.41) is 6.80. The lowest BCUT2D eigenvalue weighted by Crippen LogP contribution is -2.27. The number of carbonyl (C=O) groups excluding carboxylic acids is 1. The predicted molar refractivity (Wildman–Crippen MR) is 80.1 cm³/mol. The van der Waals surface area contributed by atoms with Crippen molar-refractivity contribution in [3.63, 3.8) is 0 Å². The predicted octanol–water partition coefficient (Wildman–Crippen LogP) is 2.36. The van der Waals surface area contributed by atoms with Gasteiger partial charge in [-0.2, -0.15) is 4.98 Å². The highest BCUT2D eigenvalue weighted by Crippen LogP contribution is 2.23. The Morgan fingerprint density at radius 3 is 2.73 bits per heavy atom. The fourth-order valence-corrected chi connectivity index (χ4v) is 2.07. The molecule has 0 fully saturated rings. The Morgan fingerprint density at radius 1 is 1.41 bits per heavy atom. The number of hydrogen-bond acceptors (Lipinski definition) is 6. The molecule has 0 aliphatic carbocycles. The minimum Gasteiger partial charge on any atom is -0.481 e. The number of methoxy groups -OCH3 is 1. The van der Waals surface area contributed by atoms with Gasteiger partial charge in [-0.25, -0.2) is 4.98 Å². The van der Waals surface area contributed by atoms with Gasteiger partial charge in [0.05, 0.1) is 7.11 Å². The van der Waals surface area contributed by atoms with E-state index in [1.165, 1.54) is 6.92 Å². The molecule has 0 radical (unpaired) electrons. The lowest BCUT2D eigenvalue weighted by molar-refractivity contribution is -0.120. The number of rotatable bonds is 6. The molecule has 0 aliphatic heterocycles. The lowest BCUT2D eigenvalue weighted by atomic mass is 10.0. The molecule has 1 atom stereocenters. The third-order valence-corrected chi connectivity index (χ3v) is 3.03. The van der Waals surface area contributed by atoms with E-state index >= 15 is 0 Å². The molecule has 0 unspecified atom stereocenters. The number of nitrogens with one attached hydrogen (secondary N) is 1. The van der Waals surface area contributed by atoms with E-state index < -0.39 is 0 Å². The van der Waals surface area contributed by atoms with Crippen molar-refractivity contribution in [2.75, 3.05) is 7.11 Å². The van der Waals surface area contributed by atoms with Crippen LogP contribution in [0.15, 0.2) is 22.9 Å². The van der Waals surface area contributed by atoms with Crippen molar-refractivity contribution in [1.29, 1.82) is 0 Å². The van der Waals surface area contributed by atoms with Gasteiger partial charge in [-0.3, -0.25) is 4.79 Å². The Hall–Kier alpha value is -2.44. The molecule has 0 saturated heterocycles. The van der Waals surface area contributed by atoms with Crippen molar-refractivity contribution < 1.29 is 14.1 Å². The molecule has 2 heterocycles. The van der Waals surface area contributed by atoms with Crippen LogP contribution in [0.4, 0.5) is 0 Å². The number of carbonyl (C=O) groups is 1. The second-order valence-electron chi connectivity index (χ2n) is 5.43. The molecular weight excluding hydrogens is 284 g/mol. The smallest absolute Gasteiger partial charge is 0.249 e. The SMILES string of the molecule is COc1ccc(-c2noc([C@H](CC(C)C)NC(C)=O)n2)cn1. The minimum absolute atomic E-state index is 0.128. The second-order valence-corrected chi connectivity index (χ2v) is 5.43. The highest BCUT2D eigenvalue weighted by molar-refractivity contribution is 5.73. The Balaban J connectivity index is 2.21. The normalized spacial score (nSPS) is 12.2. The van der Waals surface area contributed by atoms with E-state index in [0.29, 0.717) is 23.5 Å². The summed E-state index contributed by atoms with van der Waals surface area (Å²) in [6, 6.07) is 3.24. The molecule has 1 amide bonds. The van der Waals surface area contributed by atoms with Crippen molar-refractivity contribution in [2.24, 2.45) is 5.92 Å². The van der Waals surface area contributed by atoms with Crippen LogP contribution in [0.1, 0.15) is 39.1 Å². The summed E-state index contributed by atoms with van der Waals surface area (Å²) in [7, 11) is 1.55. The molecule has 7 nitrogen and oxygen atoms in total. The maximum absolute atomic E-state index is 11.3. The standard InChI is InChI=1S/C15H20N4O3/c1-9(2)7-12(17-10(3)20)15-18-14(19-22-15)11-5-6-13(21-4)16-8-11/h5-6,8-9,12H,7H2,1-4H3,(H,17,20)/t12-/m0/s1. The fourth-order valence-electron chi connectivity index (χ4n) is 2.07. The number of hydrogen-bond donors (Lipinski definition) is 1. The van der Waals surface area contributed by atoms with Crippen LogP contribution < -0.4 is 10.1 Å². The van der Waals surface area contributed by atoms with Crippen LogP contribution in [-0.2, 0) is 4.79 Å². The van der Waals surface area contributed by atoms with Gasteiger partial charge in [0.2, 0.25) is 23.5 Å². The molecule has 1 N–H and O–H groups in total. The maximum atomic E-state index is 11.3. The molecule has 0 spiro atoms. The number of nitrogens with zero attached hydrogens (tertiary/aromatic N) is 3. The molecule has 118 valence electrons. The van der Waals surface area contributed by atoms with E-state index in [9.17, 15) is 4.79 Å². The topological polar surface area (TPSA) is 90.1 Å². The van der Waals surface area contributed by atoms with Gasteiger partial charge in [-0.1, -0.05) is 19.0 Å². The maximum Gasteiger partial charge on any atom is 0.249 e. The third-order valence-electron chi connectivity index (χ3n) is 3.03. The van der Waals surface area contributed by atoms with Gasteiger partial charge in [0.15, 0.2) is 0 Å². The van der Waals surface area contributed by atoms with Gasteiger partial charge >= 0.3 is 0 Å². The summed E-state index contributed by atoms with van der Waals surface area (Å²) in [5.41, 5.74) is 0.724. The van der Waals surface area contributed by atoms with Crippen molar-refractivity contribution in [3.8, 4) is 17.3 Å².